The molecule has 204 valence electrons. The van der Waals surface area contributed by atoms with Gasteiger partial charge in [-0.25, -0.2) is 9.97 Å². The third-order valence-electron chi connectivity index (χ3n) is 7.38. The summed E-state index contributed by atoms with van der Waals surface area (Å²) in [6.07, 6.45) is 7.88. The maximum Gasteiger partial charge on any atom is 0.229 e. The van der Waals surface area contributed by atoms with Crippen LogP contribution in [0.1, 0.15) is 25.7 Å². The van der Waals surface area contributed by atoms with E-state index in [2.05, 4.69) is 29.9 Å². The Labute approximate surface area is 224 Å². The number of aliphatic hydroxyl groups is 1. The van der Waals surface area contributed by atoms with Crippen LogP contribution in [0.2, 0.25) is 25.7 Å². The summed E-state index contributed by atoms with van der Waals surface area (Å²) in [5, 5.41) is 13.2. The standard InChI is InChI=1S/C28H38N4O5Si/c1-35-28-25(23(10-11-29-28)37-19-6-5-7-19)22-15-32(17-36-12-13-38(2,3)4)26-20(22)8-9-24(30-26)31-27(34)21-14-18(21)16-33/h8-11,15,18-19,21,33H,5-7,12-14,16-17H2,1-4H3,(H,30,31,34). The first-order chi connectivity index (χ1) is 18.3. The molecule has 0 saturated heterocycles. The van der Waals surface area contributed by atoms with Crippen molar-refractivity contribution in [3.05, 3.63) is 30.6 Å². The summed E-state index contributed by atoms with van der Waals surface area (Å²) in [6, 6.07) is 6.73. The Hall–Kier alpha value is -2.95. The number of nitrogens with one attached hydrogen (secondary N) is 1. The number of nitrogens with zero attached hydrogens (tertiary/aromatic N) is 3. The molecular formula is C28H38N4O5Si. The summed E-state index contributed by atoms with van der Waals surface area (Å²) in [4.78, 5) is 21.9. The number of carbonyl (C=O) groups is 1. The number of hydrogen-bond donors (Lipinski definition) is 2. The lowest BCUT2D eigenvalue weighted by molar-refractivity contribution is -0.117. The quantitative estimate of drug-likeness (QED) is 0.249. The number of anilines is 1. The van der Waals surface area contributed by atoms with Gasteiger partial charge < -0.3 is 29.2 Å². The Balaban J connectivity index is 1.50. The van der Waals surface area contributed by atoms with Crippen molar-refractivity contribution in [2.24, 2.45) is 11.8 Å². The molecule has 3 heterocycles. The van der Waals surface area contributed by atoms with Gasteiger partial charge >= 0.3 is 0 Å². The van der Waals surface area contributed by atoms with E-state index in [1.54, 1.807) is 13.3 Å². The number of ether oxygens (including phenoxy) is 3. The molecule has 5 rings (SSSR count). The first-order valence-electron chi connectivity index (χ1n) is 13.5. The van der Waals surface area contributed by atoms with Crippen LogP contribution >= 0.6 is 0 Å². The molecule has 2 saturated carbocycles. The lowest BCUT2D eigenvalue weighted by Crippen LogP contribution is -2.24. The molecule has 3 aromatic heterocycles. The first-order valence-corrected chi connectivity index (χ1v) is 17.2. The fraction of sp³-hybridized carbons (Fsp3) is 0.536. The summed E-state index contributed by atoms with van der Waals surface area (Å²) in [6.45, 7) is 8.03. The van der Waals surface area contributed by atoms with Gasteiger partial charge in [-0.15, -0.1) is 0 Å². The fourth-order valence-electron chi connectivity index (χ4n) is 4.66. The lowest BCUT2D eigenvalue weighted by atomic mass is 9.96. The van der Waals surface area contributed by atoms with Crippen LogP contribution in [0.5, 0.6) is 11.6 Å². The van der Waals surface area contributed by atoms with Gasteiger partial charge in [-0.3, -0.25) is 4.79 Å². The predicted molar refractivity (Wildman–Crippen MR) is 149 cm³/mol. The summed E-state index contributed by atoms with van der Waals surface area (Å²) in [7, 11) is 0.384. The summed E-state index contributed by atoms with van der Waals surface area (Å²) < 4.78 is 20.1. The molecule has 1 amide bonds. The molecule has 2 atom stereocenters. The van der Waals surface area contributed by atoms with E-state index in [4.69, 9.17) is 19.2 Å². The molecule has 2 fully saturated rings. The number of aromatic nitrogens is 3. The highest BCUT2D eigenvalue weighted by Crippen LogP contribution is 2.43. The molecule has 10 heteroatoms. The molecular weight excluding hydrogens is 500 g/mol. The van der Waals surface area contributed by atoms with E-state index in [0.717, 1.165) is 41.1 Å². The normalized spacial score (nSPS) is 19.3. The van der Waals surface area contributed by atoms with E-state index in [1.165, 1.54) is 6.42 Å². The molecule has 38 heavy (non-hydrogen) atoms. The number of pyridine rings is 2. The zero-order valence-electron chi connectivity index (χ0n) is 22.7. The largest absolute Gasteiger partial charge is 0.490 e. The van der Waals surface area contributed by atoms with Gasteiger partial charge in [-0.2, -0.15) is 0 Å². The summed E-state index contributed by atoms with van der Waals surface area (Å²) in [5.41, 5.74) is 2.37. The van der Waals surface area contributed by atoms with Gasteiger partial charge in [0, 0.05) is 50.5 Å². The Bertz CT molecular complexity index is 1300. The van der Waals surface area contributed by atoms with E-state index in [9.17, 15) is 9.90 Å². The second-order valence-corrected chi connectivity index (χ2v) is 17.2. The average molecular weight is 539 g/mol. The lowest BCUT2D eigenvalue weighted by Gasteiger charge is -2.27. The summed E-state index contributed by atoms with van der Waals surface area (Å²) >= 11 is 0. The molecule has 0 aromatic carbocycles. The average Bonchev–Trinajstić information content (AvgIpc) is 3.58. The SMILES string of the molecule is COc1nccc(OC2CCC2)c1-c1cn(COCC[Si](C)(C)C)c2nc(NC(=O)C3CC3CO)ccc12. The van der Waals surface area contributed by atoms with Crippen molar-refractivity contribution in [2.45, 2.75) is 64.2 Å². The van der Waals surface area contributed by atoms with Gasteiger partial charge in [-0.05, 0) is 55.8 Å². The maximum absolute atomic E-state index is 12.6. The molecule has 3 aromatic rings. The van der Waals surface area contributed by atoms with Gasteiger partial charge in [0.1, 0.15) is 23.9 Å². The molecule has 2 N–H and O–H groups in total. The molecule has 0 spiro atoms. The van der Waals surface area contributed by atoms with E-state index in [-0.39, 0.29) is 30.5 Å². The Morgan fingerprint density at radius 1 is 1.24 bits per heavy atom. The smallest absolute Gasteiger partial charge is 0.229 e. The second kappa shape index (κ2) is 11.0. The van der Waals surface area contributed by atoms with Crippen LogP contribution < -0.4 is 14.8 Å². The van der Waals surface area contributed by atoms with Crippen molar-refractivity contribution in [1.29, 1.82) is 0 Å². The van der Waals surface area contributed by atoms with Crippen molar-refractivity contribution in [3.63, 3.8) is 0 Å². The fourth-order valence-corrected chi connectivity index (χ4v) is 5.41. The Morgan fingerprint density at radius 3 is 2.71 bits per heavy atom. The van der Waals surface area contributed by atoms with Gasteiger partial charge in [0.25, 0.3) is 0 Å². The van der Waals surface area contributed by atoms with Gasteiger partial charge in [0.2, 0.25) is 11.8 Å². The predicted octanol–water partition coefficient (Wildman–Crippen LogP) is 4.92. The molecule has 0 radical (unpaired) electrons. The van der Waals surface area contributed by atoms with Crippen molar-refractivity contribution >= 4 is 30.8 Å². The van der Waals surface area contributed by atoms with Crippen LogP contribution in [0.25, 0.3) is 22.2 Å². The number of hydrogen-bond acceptors (Lipinski definition) is 7. The number of amides is 1. The van der Waals surface area contributed by atoms with Crippen LogP contribution in [0.3, 0.4) is 0 Å². The number of methoxy groups -OCH3 is 1. The van der Waals surface area contributed by atoms with Crippen LogP contribution in [-0.4, -0.2) is 60.1 Å². The molecule has 2 aliphatic rings. The molecule has 0 bridgehead atoms. The van der Waals surface area contributed by atoms with Gasteiger partial charge in [0.05, 0.1) is 18.8 Å². The molecule has 0 aliphatic heterocycles. The third kappa shape index (κ3) is 5.87. The van der Waals surface area contributed by atoms with Crippen molar-refractivity contribution in [2.75, 3.05) is 25.6 Å². The number of aliphatic hydroxyl groups excluding tert-OH is 1. The van der Waals surface area contributed by atoms with Crippen molar-refractivity contribution in [1.82, 2.24) is 14.5 Å². The monoisotopic (exact) mass is 538 g/mol. The first kappa shape index (κ1) is 26.6. The van der Waals surface area contributed by atoms with E-state index in [0.29, 0.717) is 37.1 Å². The van der Waals surface area contributed by atoms with Gasteiger partial charge in [-0.1, -0.05) is 19.6 Å². The zero-order valence-corrected chi connectivity index (χ0v) is 23.7. The molecule has 2 aliphatic carbocycles. The minimum Gasteiger partial charge on any atom is -0.490 e. The van der Waals surface area contributed by atoms with E-state index < -0.39 is 8.07 Å². The minimum atomic E-state index is -1.23. The molecule has 9 nitrogen and oxygen atoms in total. The van der Waals surface area contributed by atoms with Crippen molar-refractivity contribution < 1.29 is 24.1 Å². The topological polar surface area (TPSA) is 108 Å². The van der Waals surface area contributed by atoms with Crippen LogP contribution in [0.15, 0.2) is 30.6 Å². The molecule has 2 unspecified atom stereocenters. The van der Waals surface area contributed by atoms with Crippen LogP contribution in [0, 0.1) is 11.8 Å². The minimum absolute atomic E-state index is 0.0315. The highest BCUT2D eigenvalue weighted by atomic mass is 28.3. The second-order valence-electron chi connectivity index (χ2n) is 11.6. The Morgan fingerprint density at radius 2 is 2.05 bits per heavy atom. The highest BCUT2D eigenvalue weighted by molar-refractivity contribution is 6.76. The van der Waals surface area contributed by atoms with E-state index >= 15 is 0 Å². The van der Waals surface area contributed by atoms with Crippen LogP contribution in [0.4, 0.5) is 5.82 Å². The zero-order chi connectivity index (χ0) is 26.9. The maximum atomic E-state index is 12.6. The van der Waals surface area contributed by atoms with Crippen molar-refractivity contribution in [3.8, 4) is 22.8 Å². The highest BCUT2D eigenvalue weighted by Gasteiger charge is 2.42. The number of rotatable bonds is 12. The van der Waals surface area contributed by atoms with Gasteiger partial charge in [0.15, 0.2) is 0 Å². The number of carbonyl (C=O) groups excluding carboxylic acids is 1. The Kier molecular flexibility index (Phi) is 7.74. The number of fused-ring (bicyclic) bond motifs is 1. The third-order valence-corrected chi connectivity index (χ3v) is 9.08. The van der Waals surface area contributed by atoms with E-state index in [1.807, 2.05) is 29.0 Å². The van der Waals surface area contributed by atoms with Crippen LogP contribution in [-0.2, 0) is 16.3 Å². The summed E-state index contributed by atoms with van der Waals surface area (Å²) in [5.74, 6) is 1.48.